The normalized spacial score (nSPS) is 12.3. The second kappa shape index (κ2) is 8.73. The van der Waals surface area contributed by atoms with E-state index >= 15 is 0 Å². The predicted molar refractivity (Wildman–Crippen MR) is 74.8 cm³/mol. The van der Waals surface area contributed by atoms with Gasteiger partial charge in [-0.2, -0.15) is 0 Å². The van der Waals surface area contributed by atoms with Crippen molar-refractivity contribution < 1.29 is 9.90 Å². The van der Waals surface area contributed by atoms with Gasteiger partial charge in [0.05, 0.1) is 0 Å². The van der Waals surface area contributed by atoms with Gasteiger partial charge >= 0.3 is 5.97 Å². The highest BCUT2D eigenvalue weighted by atomic mass is 16.4. The molecule has 0 unspecified atom stereocenters. The van der Waals surface area contributed by atoms with Crippen molar-refractivity contribution in [2.75, 3.05) is 0 Å². The molecule has 2 heteroatoms. The van der Waals surface area contributed by atoms with Crippen LogP contribution in [0.2, 0.25) is 0 Å². The largest absolute Gasteiger partial charge is 0.481 e. The Balaban J connectivity index is 2.33. The van der Waals surface area contributed by atoms with Crippen LogP contribution >= 0.6 is 0 Å². The minimum atomic E-state index is -0.678. The predicted octanol–water partition coefficient (Wildman–Crippen LogP) is 4.61. The van der Waals surface area contributed by atoms with Crippen molar-refractivity contribution >= 4 is 5.97 Å². The van der Waals surface area contributed by atoms with E-state index in [0.717, 1.165) is 19.3 Å². The van der Waals surface area contributed by atoms with E-state index in [1.54, 1.807) is 0 Å². The first-order valence-corrected chi connectivity index (χ1v) is 7.00. The molecule has 2 nitrogen and oxygen atoms in total. The lowest BCUT2D eigenvalue weighted by molar-refractivity contribution is -0.137. The lowest BCUT2D eigenvalue weighted by Gasteiger charge is -2.16. The van der Waals surface area contributed by atoms with Gasteiger partial charge < -0.3 is 5.11 Å². The summed E-state index contributed by atoms with van der Waals surface area (Å²) in [5.74, 6) is -0.0378. The molecule has 1 rings (SSSR count). The van der Waals surface area contributed by atoms with Crippen LogP contribution in [0.3, 0.4) is 0 Å². The molecule has 0 fully saturated rings. The van der Waals surface area contributed by atoms with Crippen molar-refractivity contribution in [3.8, 4) is 0 Å². The van der Waals surface area contributed by atoms with E-state index in [1.807, 2.05) is 0 Å². The number of hydrogen-bond acceptors (Lipinski definition) is 1. The quantitative estimate of drug-likeness (QED) is 0.648. The van der Waals surface area contributed by atoms with Crippen LogP contribution in [-0.4, -0.2) is 11.1 Å². The third-order valence-electron chi connectivity index (χ3n) is 3.35. The van der Waals surface area contributed by atoms with Crippen LogP contribution in [0.1, 0.15) is 63.4 Å². The number of hydrogen-bond donors (Lipinski definition) is 1. The summed E-state index contributed by atoms with van der Waals surface area (Å²) in [6.07, 6.45) is 6.88. The zero-order valence-electron chi connectivity index (χ0n) is 11.3. The number of unbranched alkanes of at least 4 members (excludes halogenated alkanes) is 2. The molecule has 0 saturated carbocycles. The van der Waals surface area contributed by atoms with E-state index < -0.39 is 5.97 Å². The summed E-state index contributed by atoms with van der Waals surface area (Å²) in [5, 5.41) is 8.58. The standard InChI is InChI=1S/C16H24O2/c1-2-9-14(15-11-5-3-6-12-15)10-7-4-8-13-16(17)18/h3,5-6,11-12,14H,2,4,7-10,13H2,1H3,(H,17,18)/t14-/m0/s1. The maximum absolute atomic E-state index is 10.4. The molecule has 1 atom stereocenters. The highest BCUT2D eigenvalue weighted by Crippen LogP contribution is 2.27. The van der Waals surface area contributed by atoms with Crippen LogP contribution in [0, 0.1) is 0 Å². The van der Waals surface area contributed by atoms with Crippen molar-refractivity contribution in [1.82, 2.24) is 0 Å². The molecule has 0 aromatic heterocycles. The second-order valence-electron chi connectivity index (χ2n) is 4.89. The highest BCUT2D eigenvalue weighted by molar-refractivity contribution is 5.66. The Bertz CT molecular complexity index is 332. The van der Waals surface area contributed by atoms with Crippen molar-refractivity contribution in [2.45, 2.75) is 57.8 Å². The number of benzene rings is 1. The Morgan fingerprint density at radius 3 is 2.44 bits per heavy atom. The van der Waals surface area contributed by atoms with Gasteiger partial charge in [0, 0.05) is 6.42 Å². The maximum Gasteiger partial charge on any atom is 0.303 e. The topological polar surface area (TPSA) is 37.3 Å². The number of aliphatic carboxylic acids is 1. The average molecular weight is 248 g/mol. The van der Waals surface area contributed by atoms with Crippen molar-refractivity contribution in [3.05, 3.63) is 35.9 Å². The molecule has 100 valence electrons. The SMILES string of the molecule is CCC[C@@H](CCCCCC(=O)O)c1ccccc1. The Labute approximate surface area is 110 Å². The summed E-state index contributed by atoms with van der Waals surface area (Å²) < 4.78 is 0. The third kappa shape index (κ3) is 5.85. The van der Waals surface area contributed by atoms with E-state index in [1.165, 1.54) is 24.8 Å². The fourth-order valence-electron chi connectivity index (χ4n) is 2.40. The van der Waals surface area contributed by atoms with Crippen molar-refractivity contribution in [2.24, 2.45) is 0 Å². The van der Waals surface area contributed by atoms with Crippen LogP contribution in [0.4, 0.5) is 0 Å². The minimum Gasteiger partial charge on any atom is -0.481 e. The van der Waals surface area contributed by atoms with E-state index in [-0.39, 0.29) is 0 Å². The summed E-state index contributed by atoms with van der Waals surface area (Å²) >= 11 is 0. The van der Waals surface area contributed by atoms with Crippen LogP contribution < -0.4 is 0 Å². The van der Waals surface area contributed by atoms with Crippen LogP contribution in [0.5, 0.6) is 0 Å². The molecule has 0 radical (unpaired) electrons. The maximum atomic E-state index is 10.4. The molecule has 1 N–H and O–H groups in total. The summed E-state index contributed by atoms with van der Waals surface area (Å²) in [4.78, 5) is 10.4. The lowest BCUT2D eigenvalue weighted by Crippen LogP contribution is -1.99. The molecule has 0 amide bonds. The van der Waals surface area contributed by atoms with Crippen molar-refractivity contribution in [1.29, 1.82) is 0 Å². The van der Waals surface area contributed by atoms with Gasteiger partial charge in [-0.05, 0) is 30.7 Å². The van der Waals surface area contributed by atoms with Crippen LogP contribution in [0.25, 0.3) is 0 Å². The van der Waals surface area contributed by atoms with E-state index in [0.29, 0.717) is 12.3 Å². The molecular formula is C16H24O2. The first-order valence-electron chi connectivity index (χ1n) is 7.00. The Kier molecular flexibility index (Phi) is 7.16. The summed E-state index contributed by atoms with van der Waals surface area (Å²) in [5.41, 5.74) is 1.43. The van der Waals surface area contributed by atoms with E-state index in [9.17, 15) is 4.79 Å². The fraction of sp³-hybridized carbons (Fsp3) is 0.562. The van der Waals surface area contributed by atoms with E-state index in [2.05, 4.69) is 37.3 Å². The summed E-state index contributed by atoms with van der Waals surface area (Å²) in [7, 11) is 0. The van der Waals surface area contributed by atoms with Gasteiger partial charge in [-0.3, -0.25) is 4.79 Å². The monoisotopic (exact) mass is 248 g/mol. The van der Waals surface area contributed by atoms with Gasteiger partial charge in [0.1, 0.15) is 0 Å². The first kappa shape index (κ1) is 14.7. The van der Waals surface area contributed by atoms with Crippen LogP contribution in [0.15, 0.2) is 30.3 Å². The minimum absolute atomic E-state index is 0.309. The van der Waals surface area contributed by atoms with Gasteiger partial charge in [0.2, 0.25) is 0 Å². The highest BCUT2D eigenvalue weighted by Gasteiger charge is 2.09. The first-order chi connectivity index (χ1) is 8.74. The molecule has 0 saturated heterocycles. The zero-order valence-corrected chi connectivity index (χ0v) is 11.3. The van der Waals surface area contributed by atoms with E-state index in [4.69, 9.17) is 5.11 Å². The summed E-state index contributed by atoms with van der Waals surface area (Å²) in [6.45, 7) is 2.22. The van der Waals surface area contributed by atoms with Crippen molar-refractivity contribution in [3.63, 3.8) is 0 Å². The second-order valence-corrected chi connectivity index (χ2v) is 4.89. The third-order valence-corrected chi connectivity index (χ3v) is 3.35. The Hall–Kier alpha value is -1.31. The Morgan fingerprint density at radius 2 is 1.83 bits per heavy atom. The molecule has 1 aromatic rings. The molecule has 0 aliphatic carbocycles. The number of carboxylic acids is 1. The molecule has 0 aliphatic heterocycles. The van der Waals surface area contributed by atoms with Gasteiger partial charge in [0.15, 0.2) is 0 Å². The van der Waals surface area contributed by atoms with Gasteiger partial charge in [0.25, 0.3) is 0 Å². The molecule has 18 heavy (non-hydrogen) atoms. The number of carbonyl (C=O) groups is 1. The molecule has 0 aliphatic rings. The van der Waals surface area contributed by atoms with Crippen LogP contribution in [-0.2, 0) is 4.79 Å². The molecular weight excluding hydrogens is 224 g/mol. The number of rotatable bonds is 9. The molecule has 1 aromatic carbocycles. The Morgan fingerprint density at radius 1 is 1.11 bits per heavy atom. The lowest BCUT2D eigenvalue weighted by atomic mass is 9.89. The summed E-state index contributed by atoms with van der Waals surface area (Å²) in [6, 6.07) is 10.7. The van der Waals surface area contributed by atoms with Gasteiger partial charge in [-0.25, -0.2) is 0 Å². The zero-order chi connectivity index (χ0) is 13.2. The van der Waals surface area contributed by atoms with Gasteiger partial charge in [-0.15, -0.1) is 0 Å². The smallest absolute Gasteiger partial charge is 0.303 e. The fourth-order valence-corrected chi connectivity index (χ4v) is 2.40. The van der Waals surface area contributed by atoms with Gasteiger partial charge in [-0.1, -0.05) is 56.5 Å². The molecule has 0 heterocycles. The number of carboxylic acid groups (broad SMARTS) is 1. The molecule has 0 bridgehead atoms. The average Bonchev–Trinajstić information content (AvgIpc) is 2.38. The molecule has 0 spiro atoms.